The van der Waals surface area contributed by atoms with Crippen molar-refractivity contribution < 1.29 is 13.0 Å². The van der Waals surface area contributed by atoms with E-state index >= 15 is 0 Å². The summed E-state index contributed by atoms with van der Waals surface area (Å²) < 4.78 is 28.9. The van der Waals surface area contributed by atoms with Crippen LogP contribution in [-0.2, 0) is 10.1 Å². The van der Waals surface area contributed by atoms with Crippen molar-refractivity contribution in [2.45, 2.75) is 5.03 Å². The molecule has 0 aliphatic heterocycles. The molecule has 0 spiro atoms. The Morgan fingerprint density at radius 1 is 1.60 bits per heavy atom. The van der Waals surface area contributed by atoms with E-state index < -0.39 is 15.1 Å². The van der Waals surface area contributed by atoms with Crippen LogP contribution in [0.1, 0.15) is 0 Å². The van der Waals surface area contributed by atoms with Gasteiger partial charge in [0.2, 0.25) is 5.03 Å². The SMILES string of the molecule is Nc1[nH]nnc1S(=O)(=O)O. The Morgan fingerprint density at radius 2 is 2.20 bits per heavy atom. The van der Waals surface area contributed by atoms with Gasteiger partial charge in [-0.05, 0) is 0 Å². The summed E-state index contributed by atoms with van der Waals surface area (Å²) in [5, 5.41) is 7.47. The van der Waals surface area contributed by atoms with Crippen LogP contribution in [0.3, 0.4) is 0 Å². The van der Waals surface area contributed by atoms with Gasteiger partial charge in [0, 0.05) is 0 Å². The van der Waals surface area contributed by atoms with Gasteiger partial charge in [-0.15, -0.1) is 5.10 Å². The Balaban J connectivity index is 3.32. The van der Waals surface area contributed by atoms with E-state index in [4.69, 9.17) is 10.3 Å². The van der Waals surface area contributed by atoms with E-state index in [1.54, 1.807) is 0 Å². The molecule has 0 saturated carbocycles. The smallest absolute Gasteiger partial charge is 0.317 e. The van der Waals surface area contributed by atoms with E-state index in [1.165, 1.54) is 0 Å². The van der Waals surface area contributed by atoms with E-state index in [0.29, 0.717) is 0 Å². The van der Waals surface area contributed by atoms with Crippen molar-refractivity contribution >= 4 is 15.9 Å². The van der Waals surface area contributed by atoms with Crippen LogP contribution >= 0.6 is 0 Å². The highest BCUT2D eigenvalue weighted by Gasteiger charge is 2.17. The minimum Gasteiger partial charge on any atom is -0.382 e. The number of H-pyrrole nitrogens is 1. The predicted octanol–water partition coefficient (Wildman–Crippen LogP) is -1.37. The molecule has 0 radical (unpaired) electrons. The first-order chi connectivity index (χ1) is 4.52. The van der Waals surface area contributed by atoms with E-state index in [9.17, 15) is 8.42 Å². The Morgan fingerprint density at radius 3 is 2.40 bits per heavy atom. The molecule has 0 aromatic carbocycles. The average Bonchev–Trinajstić information content (AvgIpc) is 2.11. The second-order valence-electron chi connectivity index (χ2n) is 1.51. The zero-order valence-corrected chi connectivity index (χ0v) is 5.46. The molecule has 1 aromatic heterocycles. The summed E-state index contributed by atoms with van der Waals surface area (Å²) in [6.07, 6.45) is 0. The molecule has 0 aliphatic rings. The minimum atomic E-state index is -4.32. The Hall–Kier alpha value is -1.15. The minimum absolute atomic E-state index is 0.275. The standard InChI is InChI=1S/C2H4N4O3S/c3-1-2(5-6-4-1)10(7,8)9/h(H,7,8,9)(H3,3,4,5,6). The largest absolute Gasteiger partial charge is 0.382 e. The molecule has 56 valence electrons. The van der Waals surface area contributed by atoms with Gasteiger partial charge in [0.1, 0.15) is 0 Å². The predicted molar refractivity (Wildman–Crippen MR) is 30.6 cm³/mol. The van der Waals surface area contributed by atoms with Gasteiger partial charge in [0.25, 0.3) is 0 Å². The highest BCUT2D eigenvalue weighted by Crippen LogP contribution is 2.08. The number of nitrogens with one attached hydrogen (secondary N) is 1. The second-order valence-corrected chi connectivity index (χ2v) is 2.84. The van der Waals surface area contributed by atoms with E-state index in [1.807, 2.05) is 0 Å². The van der Waals surface area contributed by atoms with Crippen LogP contribution < -0.4 is 5.73 Å². The molecule has 1 heterocycles. The summed E-state index contributed by atoms with van der Waals surface area (Å²) in [5.74, 6) is -0.275. The highest BCUT2D eigenvalue weighted by atomic mass is 32.2. The van der Waals surface area contributed by atoms with Gasteiger partial charge >= 0.3 is 10.1 Å². The lowest BCUT2D eigenvalue weighted by Gasteiger charge is -1.87. The van der Waals surface area contributed by atoms with Gasteiger partial charge in [-0.25, -0.2) is 5.10 Å². The van der Waals surface area contributed by atoms with Crippen molar-refractivity contribution in [1.82, 2.24) is 15.4 Å². The molecule has 7 nitrogen and oxygen atoms in total. The van der Waals surface area contributed by atoms with Gasteiger partial charge in [0.15, 0.2) is 5.82 Å². The third-order valence-corrected chi connectivity index (χ3v) is 1.58. The molecule has 0 bridgehead atoms. The van der Waals surface area contributed by atoms with Crippen LogP contribution in [0.15, 0.2) is 5.03 Å². The molecule has 8 heteroatoms. The number of hydrogen-bond donors (Lipinski definition) is 3. The molecule has 10 heavy (non-hydrogen) atoms. The van der Waals surface area contributed by atoms with Crippen molar-refractivity contribution in [3.05, 3.63) is 0 Å². The number of rotatable bonds is 1. The molecular weight excluding hydrogens is 160 g/mol. The van der Waals surface area contributed by atoms with Crippen molar-refractivity contribution in [3.8, 4) is 0 Å². The number of nitrogens with two attached hydrogens (primary N) is 1. The quantitative estimate of drug-likeness (QED) is 0.440. The molecule has 0 fully saturated rings. The molecular formula is C2H4N4O3S. The van der Waals surface area contributed by atoms with Gasteiger partial charge in [0.05, 0.1) is 0 Å². The summed E-state index contributed by atoms with van der Waals surface area (Å²) in [5.41, 5.74) is 5.01. The Labute approximate surface area is 56.0 Å². The summed E-state index contributed by atoms with van der Waals surface area (Å²) in [4.78, 5) is 0. The highest BCUT2D eigenvalue weighted by molar-refractivity contribution is 7.85. The number of anilines is 1. The Bertz CT molecular complexity index is 326. The maximum absolute atomic E-state index is 10.3. The lowest BCUT2D eigenvalue weighted by atomic mass is 10.8. The topological polar surface area (TPSA) is 122 Å². The summed E-state index contributed by atoms with van der Waals surface area (Å²) in [6, 6.07) is 0. The first-order valence-electron chi connectivity index (χ1n) is 2.16. The molecule has 0 atom stereocenters. The maximum atomic E-state index is 10.3. The number of nitrogens with zero attached hydrogens (tertiary/aromatic N) is 2. The van der Waals surface area contributed by atoms with Crippen LogP contribution in [0, 0.1) is 0 Å². The van der Waals surface area contributed by atoms with E-state index in [-0.39, 0.29) is 5.82 Å². The number of aromatic amines is 1. The summed E-state index contributed by atoms with van der Waals surface area (Å²) in [7, 11) is -4.32. The zero-order valence-electron chi connectivity index (χ0n) is 4.64. The van der Waals surface area contributed by atoms with Crippen molar-refractivity contribution in [1.29, 1.82) is 0 Å². The normalized spacial score (nSPS) is 11.7. The maximum Gasteiger partial charge on any atom is 0.317 e. The Kier molecular flexibility index (Phi) is 1.34. The molecule has 0 saturated heterocycles. The number of aromatic nitrogens is 3. The zero-order chi connectivity index (χ0) is 7.78. The van der Waals surface area contributed by atoms with E-state index in [0.717, 1.165) is 0 Å². The second kappa shape index (κ2) is 1.92. The average molecular weight is 164 g/mol. The molecule has 1 rings (SSSR count). The molecule has 4 N–H and O–H groups in total. The third kappa shape index (κ3) is 1.06. The summed E-state index contributed by atoms with van der Waals surface area (Å²) >= 11 is 0. The molecule has 0 amide bonds. The number of hydrogen-bond acceptors (Lipinski definition) is 5. The van der Waals surface area contributed by atoms with E-state index in [2.05, 4.69) is 15.4 Å². The van der Waals surface area contributed by atoms with Crippen molar-refractivity contribution in [2.24, 2.45) is 0 Å². The van der Waals surface area contributed by atoms with Crippen LogP contribution in [0.5, 0.6) is 0 Å². The van der Waals surface area contributed by atoms with Crippen molar-refractivity contribution in [2.75, 3.05) is 5.73 Å². The van der Waals surface area contributed by atoms with Gasteiger partial charge in [-0.3, -0.25) is 4.55 Å². The fourth-order valence-electron chi connectivity index (χ4n) is 0.417. The van der Waals surface area contributed by atoms with Crippen LogP contribution in [-0.4, -0.2) is 28.4 Å². The number of nitrogen functional groups attached to an aromatic ring is 1. The fourth-order valence-corrected chi connectivity index (χ4v) is 0.884. The fraction of sp³-hybridized carbons (Fsp3) is 0. The molecule has 0 unspecified atom stereocenters. The third-order valence-electron chi connectivity index (χ3n) is 0.786. The van der Waals surface area contributed by atoms with Crippen molar-refractivity contribution in [3.63, 3.8) is 0 Å². The van der Waals surface area contributed by atoms with Gasteiger partial charge in [-0.1, -0.05) is 5.21 Å². The monoisotopic (exact) mass is 164 g/mol. The first-order valence-corrected chi connectivity index (χ1v) is 3.60. The van der Waals surface area contributed by atoms with Gasteiger partial charge < -0.3 is 5.73 Å². The summed E-state index contributed by atoms with van der Waals surface area (Å²) in [6.45, 7) is 0. The van der Waals surface area contributed by atoms with Gasteiger partial charge in [-0.2, -0.15) is 8.42 Å². The van der Waals surface area contributed by atoms with Crippen LogP contribution in [0.4, 0.5) is 5.82 Å². The first kappa shape index (κ1) is 6.96. The lowest BCUT2D eigenvalue weighted by Crippen LogP contribution is -2.02. The molecule has 0 aliphatic carbocycles. The molecule has 1 aromatic rings. The van der Waals surface area contributed by atoms with Crippen LogP contribution in [0.2, 0.25) is 0 Å². The van der Waals surface area contributed by atoms with Crippen LogP contribution in [0.25, 0.3) is 0 Å². The lowest BCUT2D eigenvalue weighted by molar-refractivity contribution is 0.479.